The third-order valence-corrected chi connectivity index (χ3v) is 3.94. The fourth-order valence-corrected chi connectivity index (χ4v) is 2.68. The van der Waals surface area contributed by atoms with Crippen LogP contribution in [0.2, 0.25) is 0 Å². The Kier molecular flexibility index (Phi) is 3.57. The summed E-state index contributed by atoms with van der Waals surface area (Å²) in [6.07, 6.45) is 2.13. The smallest absolute Gasteiger partial charge is 0.171 e. The van der Waals surface area contributed by atoms with Crippen LogP contribution in [-0.4, -0.2) is 21.9 Å². The fraction of sp³-hybridized carbons (Fsp3) is 0.500. The molecule has 0 spiro atoms. The largest absolute Gasteiger partial charge is 0.493 e. The Bertz CT molecular complexity index is 634. The standard InChI is InChI=1S/C16H21N3O2/c1-16(2)9-8-14-17-18-15(19(14)11-16)10-21-13-7-5-4-6-12(13)20-3/h4-7H,8-11H2,1-3H3. The number of ether oxygens (including phenoxy) is 2. The van der Waals surface area contributed by atoms with Gasteiger partial charge < -0.3 is 14.0 Å². The third kappa shape index (κ3) is 2.86. The second-order valence-corrected chi connectivity index (χ2v) is 6.22. The Hall–Kier alpha value is -2.04. The molecule has 0 atom stereocenters. The number of benzene rings is 1. The van der Waals surface area contributed by atoms with Gasteiger partial charge in [0.2, 0.25) is 0 Å². The Labute approximate surface area is 124 Å². The van der Waals surface area contributed by atoms with Gasteiger partial charge in [-0.3, -0.25) is 0 Å². The number of aromatic nitrogens is 3. The molecule has 1 aromatic heterocycles. The summed E-state index contributed by atoms with van der Waals surface area (Å²) >= 11 is 0. The van der Waals surface area contributed by atoms with Crippen molar-refractivity contribution < 1.29 is 9.47 Å². The molecule has 0 aliphatic carbocycles. The van der Waals surface area contributed by atoms with Crippen molar-refractivity contribution in [2.75, 3.05) is 7.11 Å². The van der Waals surface area contributed by atoms with Crippen LogP contribution in [0.4, 0.5) is 0 Å². The summed E-state index contributed by atoms with van der Waals surface area (Å²) in [7, 11) is 1.64. The minimum atomic E-state index is 0.286. The summed E-state index contributed by atoms with van der Waals surface area (Å²) < 4.78 is 13.3. The number of rotatable bonds is 4. The van der Waals surface area contributed by atoms with Gasteiger partial charge in [0.05, 0.1) is 7.11 Å². The number of methoxy groups -OCH3 is 1. The number of fused-ring (bicyclic) bond motifs is 1. The van der Waals surface area contributed by atoms with Crippen LogP contribution in [0.25, 0.3) is 0 Å². The molecule has 0 amide bonds. The topological polar surface area (TPSA) is 49.2 Å². The molecule has 1 aliphatic rings. The van der Waals surface area contributed by atoms with E-state index in [1.54, 1.807) is 7.11 Å². The summed E-state index contributed by atoms with van der Waals surface area (Å²) in [5.41, 5.74) is 0.286. The maximum Gasteiger partial charge on any atom is 0.171 e. The molecule has 1 aromatic carbocycles. The van der Waals surface area contributed by atoms with Gasteiger partial charge in [-0.25, -0.2) is 0 Å². The van der Waals surface area contributed by atoms with Crippen LogP contribution in [-0.2, 0) is 19.6 Å². The van der Waals surface area contributed by atoms with Crippen molar-refractivity contribution in [2.45, 2.75) is 39.8 Å². The lowest BCUT2D eigenvalue weighted by Gasteiger charge is -2.30. The van der Waals surface area contributed by atoms with Gasteiger partial charge in [-0.2, -0.15) is 0 Å². The highest BCUT2D eigenvalue weighted by atomic mass is 16.5. The van der Waals surface area contributed by atoms with Crippen molar-refractivity contribution in [2.24, 2.45) is 5.41 Å². The van der Waals surface area contributed by atoms with Gasteiger partial charge >= 0.3 is 0 Å². The highest BCUT2D eigenvalue weighted by molar-refractivity contribution is 5.39. The SMILES string of the molecule is COc1ccccc1OCc1nnc2n1CC(C)(C)CC2. The zero-order chi connectivity index (χ0) is 14.9. The Morgan fingerprint density at radius 3 is 2.71 bits per heavy atom. The average Bonchev–Trinajstić information content (AvgIpc) is 2.86. The molecule has 0 bridgehead atoms. The minimum absolute atomic E-state index is 0.286. The lowest BCUT2D eigenvalue weighted by atomic mass is 9.85. The van der Waals surface area contributed by atoms with Gasteiger partial charge in [-0.15, -0.1) is 10.2 Å². The molecule has 0 N–H and O–H groups in total. The highest BCUT2D eigenvalue weighted by Gasteiger charge is 2.28. The highest BCUT2D eigenvalue weighted by Crippen LogP contribution is 2.31. The number of hydrogen-bond donors (Lipinski definition) is 0. The van der Waals surface area contributed by atoms with Crippen molar-refractivity contribution >= 4 is 0 Å². The molecule has 1 aliphatic heterocycles. The van der Waals surface area contributed by atoms with Gasteiger partial charge in [0.25, 0.3) is 0 Å². The van der Waals surface area contributed by atoms with Crippen molar-refractivity contribution in [3.8, 4) is 11.5 Å². The van der Waals surface area contributed by atoms with E-state index in [0.29, 0.717) is 6.61 Å². The van der Waals surface area contributed by atoms with Gasteiger partial charge in [0.1, 0.15) is 12.4 Å². The van der Waals surface area contributed by atoms with E-state index in [4.69, 9.17) is 9.47 Å². The summed E-state index contributed by atoms with van der Waals surface area (Å²) in [6.45, 7) is 5.91. The summed E-state index contributed by atoms with van der Waals surface area (Å²) in [5, 5.41) is 8.56. The van der Waals surface area contributed by atoms with Crippen LogP contribution in [0.15, 0.2) is 24.3 Å². The van der Waals surface area contributed by atoms with Crippen molar-refractivity contribution in [3.63, 3.8) is 0 Å². The van der Waals surface area contributed by atoms with E-state index in [9.17, 15) is 0 Å². The van der Waals surface area contributed by atoms with Crippen LogP contribution < -0.4 is 9.47 Å². The maximum absolute atomic E-state index is 5.86. The van der Waals surface area contributed by atoms with E-state index in [-0.39, 0.29) is 5.41 Å². The predicted octanol–water partition coefficient (Wildman–Crippen LogP) is 2.84. The molecule has 0 radical (unpaired) electrons. The average molecular weight is 287 g/mol. The van der Waals surface area contributed by atoms with E-state index in [2.05, 4.69) is 28.6 Å². The first-order valence-corrected chi connectivity index (χ1v) is 7.26. The molecule has 2 aromatic rings. The molecule has 112 valence electrons. The molecular weight excluding hydrogens is 266 g/mol. The molecular formula is C16H21N3O2. The molecule has 0 unspecified atom stereocenters. The lowest BCUT2D eigenvalue weighted by Crippen LogP contribution is -2.28. The van der Waals surface area contributed by atoms with Crippen LogP contribution in [0.5, 0.6) is 11.5 Å². The molecule has 5 nitrogen and oxygen atoms in total. The molecule has 2 heterocycles. The second kappa shape index (κ2) is 5.39. The molecule has 0 saturated heterocycles. The Balaban J connectivity index is 1.76. The van der Waals surface area contributed by atoms with E-state index < -0.39 is 0 Å². The zero-order valence-electron chi connectivity index (χ0n) is 12.8. The van der Waals surface area contributed by atoms with Crippen LogP contribution >= 0.6 is 0 Å². The Morgan fingerprint density at radius 1 is 1.19 bits per heavy atom. The van der Waals surface area contributed by atoms with Crippen molar-refractivity contribution in [3.05, 3.63) is 35.9 Å². The second-order valence-electron chi connectivity index (χ2n) is 6.22. The summed E-state index contributed by atoms with van der Waals surface area (Å²) in [5.74, 6) is 3.40. The molecule has 0 saturated carbocycles. The number of hydrogen-bond acceptors (Lipinski definition) is 4. The van der Waals surface area contributed by atoms with Gasteiger partial charge in [0, 0.05) is 13.0 Å². The van der Waals surface area contributed by atoms with E-state index >= 15 is 0 Å². The first kappa shape index (κ1) is 13.9. The van der Waals surface area contributed by atoms with Crippen LogP contribution in [0.3, 0.4) is 0 Å². The summed E-state index contributed by atoms with van der Waals surface area (Å²) in [6, 6.07) is 7.64. The third-order valence-electron chi connectivity index (χ3n) is 3.94. The van der Waals surface area contributed by atoms with E-state index in [1.165, 1.54) is 0 Å². The number of aryl methyl sites for hydroxylation is 1. The zero-order valence-corrected chi connectivity index (χ0v) is 12.8. The van der Waals surface area contributed by atoms with Crippen molar-refractivity contribution in [1.82, 2.24) is 14.8 Å². The van der Waals surface area contributed by atoms with Crippen molar-refractivity contribution in [1.29, 1.82) is 0 Å². The minimum Gasteiger partial charge on any atom is -0.493 e. The quantitative estimate of drug-likeness (QED) is 0.867. The lowest BCUT2D eigenvalue weighted by molar-refractivity contribution is 0.225. The number of para-hydroxylation sites is 2. The number of nitrogens with zero attached hydrogens (tertiary/aromatic N) is 3. The first-order chi connectivity index (χ1) is 10.1. The Morgan fingerprint density at radius 2 is 1.95 bits per heavy atom. The van der Waals surface area contributed by atoms with Crippen LogP contribution in [0, 0.1) is 5.41 Å². The van der Waals surface area contributed by atoms with Gasteiger partial charge in [0.15, 0.2) is 17.3 Å². The van der Waals surface area contributed by atoms with Crippen LogP contribution in [0.1, 0.15) is 31.9 Å². The van der Waals surface area contributed by atoms with E-state index in [1.807, 2.05) is 24.3 Å². The maximum atomic E-state index is 5.86. The molecule has 3 rings (SSSR count). The first-order valence-electron chi connectivity index (χ1n) is 7.26. The predicted molar refractivity (Wildman–Crippen MR) is 79.5 cm³/mol. The van der Waals surface area contributed by atoms with Gasteiger partial charge in [-0.05, 0) is 24.0 Å². The van der Waals surface area contributed by atoms with E-state index in [0.717, 1.165) is 42.5 Å². The monoisotopic (exact) mass is 287 g/mol. The normalized spacial score (nSPS) is 16.3. The van der Waals surface area contributed by atoms with Gasteiger partial charge in [-0.1, -0.05) is 26.0 Å². The molecule has 0 fully saturated rings. The molecule has 21 heavy (non-hydrogen) atoms. The fourth-order valence-electron chi connectivity index (χ4n) is 2.68. The summed E-state index contributed by atoms with van der Waals surface area (Å²) in [4.78, 5) is 0. The molecule has 5 heteroatoms.